The second-order valence-electron chi connectivity index (χ2n) is 20.0. The van der Waals surface area contributed by atoms with Crippen LogP contribution in [0.2, 0.25) is 0 Å². The first-order valence-electron chi connectivity index (χ1n) is 26.4. The predicted octanol–water partition coefficient (Wildman–Crippen LogP) is 19.0. The summed E-state index contributed by atoms with van der Waals surface area (Å²) in [4.78, 5) is 4.89. The number of allylic oxidation sites excluding steroid dienone is 2. The molecule has 0 saturated heterocycles. The van der Waals surface area contributed by atoms with E-state index in [2.05, 4.69) is 289 Å². The lowest BCUT2D eigenvalue weighted by Gasteiger charge is -2.29. The van der Waals surface area contributed by atoms with E-state index in [1.54, 1.807) is 0 Å². The molecule has 2 saturated carbocycles. The summed E-state index contributed by atoms with van der Waals surface area (Å²) in [7, 11) is 0. The molecule has 2 aliphatic carbocycles. The first-order valence-corrected chi connectivity index (χ1v) is 26.4. The maximum absolute atomic E-state index is 2.47. The molecule has 10 aromatic carbocycles. The lowest BCUT2D eigenvalue weighted by molar-refractivity contribution is 0.800. The number of nitrogens with zero attached hydrogens (tertiary/aromatic N) is 2. The molecule has 358 valence electrons. The maximum Gasteiger partial charge on any atom is 0.0473 e. The van der Waals surface area contributed by atoms with Crippen molar-refractivity contribution in [1.29, 1.82) is 0 Å². The van der Waals surface area contributed by atoms with Crippen molar-refractivity contribution in [2.45, 2.75) is 50.6 Å². The van der Waals surface area contributed by atoms with Gasteiger partial charge in [-0.15, -0.1) is 0 Å². The fourth-order valence-electron chi connectivity index (χ4n) is 10.5. The Morgan fingerprint density at radius 2 is 0.838 bits per heavy atom. The zero-order chi connectivity index (χ0) is 49.5. The fourth-order valence-corrected chi connectivity index (χ4v) is 10.5. The molecule has 12 rings (SSSR count). The second kappa shape index (κ2) is 21.6. The predicted molar refractivity (Wildman–Crippen MR) is 314 cm³/mol. The Morgan fingerprint density at radius 1 is 0.392 bits per heavy atom. The molecule has 0 radical (unpaired) electrons. The van der Waals surface area contributed by atoms with E-state index in [9.17, 15) is 0 Å². The van der Waals surface area contributed by atoms with Crippen molar-refractivity contribution in [1.82, 2.24) is 0 Å². The van der Waals surface area contributed by atoms with E-state index in [0.717, 1.165) is 53.1 Å². The SMILES string of the molecule is C(=C(c1ccccc1)c1ccccc1)c1ccc(N(c2ccc(N(Cc3ccccc3)Cc3ccccc3)cc2)c2cc(/C=C/C=C(c3ccc(C4CC4)cc3)c3ccc(C4CC4)cc3)c3ccccc3c2)cc1. The van der Waals surface area contributed by atoms with Gasteiger partial charge in [-0.2, -0.15) is 0 Å². The van der Waals surface area contributed by atoms with Crippen LogP contribution >= 0.6 is 0 Å². The van der Waals surface area contributed by atoms with E-state index < -0.39 is 0 Å². The molecule has 0 N–H and O–H groups in total. The summed E-state index contributed by atoms with van der Waals surface area (Å²) < 4.78 is 0. The largest absolute Gasteiger partial charge is 0.363 e. The van der Waals surface area contributed by atoms with Gasteiger partial charge in [-0.05, 0) is 170 Å². The Balaban J connectivity index is 0.945. The highest BCUT2D eigenvalue weighted by Gasteiger charge is 2.25. The Bertz CT molecular complexity index is 3410. The van der Waals surface area contributed by atoms with Gasteiger partial charge in [0.15, 0.2) is 0 Å². The van der Waals surface area contributed by atoms with Crippen LogP contribution in [0.25, 0.3) is 34.1 Å². The molecular weight excluding hydrogens is 893 g/mol. The summed E-state index contributed by atoms with van der Waals surface area (Å²) in [6, 6.07) is 93.4. The molecule has 0 unspecified atom stereocenters. The number of hydrogen-bond acceptors (Lipinski definition) is 2. The highest BCUT2D eigenvalue weighted by molar-refractivity contribution is 5.97. The van der Waals surface area contributed by atoms with Gasteiger partial charge in [-0.25, -0.2) is 0 Å². The normalized spacial score (nSPS) is 13.1. The van der Waals surface area contributed by atoms with Gasteiger partial charge < -0.3 is 9.80 Å². The van der Waals surface area contributed by atoms with Crippen molar-refractivity contribution in [3.8, 4) is 0 Å². The second-order valence-corrected chi connectivity index (χ2v) is 20.0. The summed E-state index contributed by atoms with van der Waals surface area (Å²) in [5.41, 5.74) is 19.5. The van der Waals surface area contributed by atoms with Crippen LogP contribution in [0, 0.1) is 0 Å². The number of hydrogen-bond donors (Lipinski definition) is 0. The monoisotopic (exact) mass is 952 g/mol. The van der Waals surface area contributed by atoms with Gasteiger partial charge in [0.25, 0.3) is 0 Å². The third-order valence-electron chi connectivity index (χ3n) is 14.8. The zero-order valence-corrected chi connectivity index (χ0v) is 41.8. The maximum atomic E-state index is 2.47. The number of benzene rings is 10. The Kier molecular flexibility index (Phi) is 13.5. The third kappa shape index (κ3) is 10.9. The van der Waals surface area contributed by atoms with Crippen molar-refractivity contribution in [3.05, 3.63) is 323 Å². The van der Waals surface area contributed by atoms with Crippen molar-refractivity contribution in [2.75, 3.05) is 9.80 Å². The van der Waals surface area contributed by atoms with Crippen molar-refractivity contribution < 1.29 is 0 Å². The van der Waals surface area contributed by atoms with E-state index in [4.69, 9.17) is 0 Å². The van der Waals surface area contributed by atoms with Gasteiger partial charge in [0, 0.05) is 35.8 Å². The van der Waals surface area contributed by atoms with Crippen LogP contribution in [-0.2, 0) is 13.1 Å². The van der Waals surface area contributed by atoms with E-state index in [1.807, 2.05) is 0 Å². The molecular formula is C72H60N2. The van der Waals surface area contributed by atoms with E-state index in [1.165, 1.54) is 97.8 Å². The minimum atomic E-state index is 0.725. The zero-order valence-electron chi connectivity index (χ0n) is 41.8. The van der Waals surface area contributed by atoms with Gasteiger partial charge in [0.1, 0.15) is 0 Å². The van der Waals surface area contributed by atoms with Gasteiger partial charge in [-0.1, -0.05) is 224 Å². The minimum absolute atomic E-state index is 0.725. The fraction of sp³-hybridized carbons (Fsp3) is 0.111. The van der Waals surface area contributed by atoms with E-state index in [0.29, 0.717) is 0 Å². The molecule has 2 nitrogen and oxygen atoms in total. The van der Waals surface area contributed by atoms with Crippen LogP contribution in [0.5, 0.6) is 0 Å². The van der Waals surface area contributed by atoms with Crippen LogP contribution in [-0.4, -0.2) is 0 Å². The van der Waals surface area contributed by atoms with Crippen LogP contribution in [0.4, 0.5) is 22.7 Å². The molecule has 0 atom stereocenters. The molecule has 0 bridgehead atoms. The highest BCUT2D eigenvalue weighted by Crippen LogP contribution is 2.43. The average molecular weight is 953 g/mol. The van der Waals surface area contributed by atoms with Crippen molar-refractivity contribution >= 4 is 56.8 Å². The molecule has 2 fully saturated rings. The van der Waals surface area contributed by atoms with Crippen LogP contribution in [0.1, 0.15) is 93.2 Å². The first kappa shape index (κ1) is 46.4. The third-order valence-corrected chi connectivity index (χ3v) is 14.8. The Labute approximate surface area is 437 Å². The number of anilines is 4. The molecule has 0 amide bonds. The van der Waals surface area contributed by atoms with Crippen LogP contribution < -0.4 is 9.80 Å². The van der Waals surface area contributed by atoms with Gasteiger partial charge in [0.05, 0.1) is 0 Å². The van der Waals surface area contributed by atoms with Crippen molar-refractivity contribution in [2.24, 2.45) is 0 Å². The smallest absolute Gasteiger partial charge is 0.0473 e. The molecule has 0 aromatic heterocycles. The molecule has 0 aliphatic heterocycles. The summed E-state index contributed by atoms with van der Waals surface area (Å²) in [5.74, 6) is 1.45. The Morgan fingerprint density at radius 3 is 1.35 bits per heavy atom. The quantitative estimate of drug-likeness (QED) is 0.0663. The van der Waals surface area contributed by atoms with Gasteiger partial charge in [-0.3, -0.25) is 0 Å². The molecule has 10 aromatic rings. The van der Waals surface area contributed by atoms with E-state index >= 15 is 0 Å². The van der Waals surface area contributed by atoms with Crippen LogP contribution in [0.15, 0.2) is 267 Å². The lowest BCUT2D eigenvalue weighted by Crippen LogP contribution is -2.22. The average Bonchev–Trinajstić information content (AvgIpc) is 4.42. The standard InChI is InChI=1S/C72H60N2/c1-5-16-54(17-6-1)51-73(52-55-18-7-2-8-19-55)66-44-46-68(47-45-66)74(67-42-28-53(29-43-67)48-72(60-20-9-3-10-21-60)61-22-11-4-12-23-61)69-49-64-24-13-14-26-71(64)65(50-69)25-15-27-70(62-38-34-58(35-39-62)56-30-31-56)63-40-36-59(37-41-63)57-32-33-57/h1-29,34-50,56-57H,30-33,51-52H2/b25-15+. The van der Waals surface area contributed by atoms with Crippen molar-refractivity contribution in [3.63, 3.8) is 0 Å². The number of rotatable bonds is 17. The van der Waals surface area contributed by atoms with Crippen LogP contribution in [0.3, 0.4) is 0 Å². The van der Waals surface area contributed by atoms with Gasteiger partial charge >= 0.3 is 0 Å². The Hall–Kier alpha value is -8.72. The molecule has 2 heteroatoms. The number of fused-ring (bicyclic) bond motifs is 1. The first-order chi connectivity index (χ1) is 36.6. The summed E-state index contributed by atoms with van der Waals surface area (Å²) in [6.45, 7) is 1.60. The minimum Gasteiger partial charge on any atom is -0.363 e. The summed E-state index contributed by atoms with van der Waals surface area (Å²) >= 11 is 0. The molecule has 74 heavy (non-hydrogen) atoms. The summed E-state index contributed by atoms with van der Waals surface area (Å²) in [5, 5.41) is 2.40. The highest BCUT2D eigenvalue weighted by atomic mass is 15.1. The molecule has 2 aliphatic rings. The van der Waals surface area contributed by atoms with E-state index in [-0.39, 0.29) is 0 Å². The molecule has 0 spiro atoms. The molecule has 0 heterocycles. The van der Waals surface area contributed by atoms with Gasteiger partial charge in [0.2, 0.25) is 0 Å². The topological polar surface area (TPSA) is 6.48 Å². The lowest BCUT2D eigenvalue weighted by atomic mass is 9.94. The summed E-state index contributed by atoms with van der Waals surface area (Å²) in [6.07, 6.45) is 14.4.